The van der Waals surface area contributed by atoms with Gasteiger partial charge in [-0.15, -0.1) is 6.58 Å². The number of ether oxygens (including phenoxy) is 1. The first-order valence-corrected chi connectivity index (χ1v) is 12.2. The van der Waals surface area contributed by atoms with Crippen molar-refractivity contribution in [2.24, 2.45) is 17.8 Å². The number of hydrogen-bond acceptors (Lipinski definition) is 5. The zero-order chi connectivity index (χ0) is 21.4. The van der Waals surface area contributed by atoms with Gasteiger partial charge in [-0.3, -0.25) is 4.79 Å². The lowest BCUT2D eigenvalue weighted by Gasteiger charge is -2.24. The van der Waals surface area contributed by atoms with Crippen molar-refractivity contribution in [2.45, 2.75) is 86.6 Å². The molecule has 1 heterocycles. The number of allylic oxidation sites excluding steroid dienone is 3. The van der Waals surface area contributed by atoms with Gasteiger partial charge in [0, 0.05) is 10.3 Å². The van der Waals surface area contributed by atoms with Crippen molar-refractivity contribution in [1.82, 2.24) is 0 Å². The normalized spacial score (nSPS) is 29.1. The highest BCUT2D eigenvalue weighted by atomic mass is 127. The zero-order valence-electron chi connectivity index (χ0n) is 17.5. The second kappa shape index (κ2) is 11.9. The summed E-state index contributed by atoms with van der Waals surface area (Å²) >= 11 is 2.29. The third kappa shape index (κ3) is 7.13. The molecular formula is C23H37IO5. The number of hydrogen-bond donors (Lipinski definition) is 3. The molecule has 0 amide bonds. The maximum absolute atomic E-state index is 11.4. The van der Waals surface area contributed by atoms with Crippen molar-refractivity contribution in [3.63, 3.8) is 0 Å². The maximum Gasteiger partial charge on any atom is 0.226 e. The SMILES string of the molecule is C=C[C@@H](CC=C[C@H]1CC[C@H]2O[C@@H](C(I)CCC(O)(O)C(=O)CO)C[C@H]12)CCCC. The Kier molecular flexibility index (Phi) is 10.3. The average molecular weight is 520 g/mol. The van der Waals surface area contributed by atoms with E-state index in [1.807, 2.05) is 0 Å². The molecule has 0 aromatic heterocycles. The zero-order valence-corrected chi connectivity index (χ0v) is 19.7. The van der Waals surface area contributed by atoms with Crippen LogP contribution in [0.5, 0.6) is 0 Å². The lowest BCUT2D eigenvalue weighted by molar-refractivity contribution is -0.188. The van der Waals surface area contributed by atoms with E-state index in [2.05, 4.69) is 54.3 Å². The summed E-state index contributed by atoms with van der Waals surface area (Å²) in [5.41, 5.74) is 0. The van der Waals surface area contributed by atoms with Gasteiger partial charge in [-0.05, 0) is 56.3 Å². The van der Waals surface area contributed by atoms with Crippen LogP contribution in [0.4, 0.5) is 0 Å². The fourth-order valence-corrected chi connectivity index (χ4v) is 5.37. The Hall–Kier alpha value is -0.280. The predicted octanol–water partition coefficient (Wildman–Crippen LogP) is 3.93. The highest BCUT2D eigenvalue weighted by molar-refractivity contribution is 14.1. The first-order valence-electron chi connectivity index (χ1n) is 11.0. The van der Waals surface area contributed by atoms with Crippen molar-refractivity contribution in [3.8, 4) is 0 Å². The van der Waals surface area contributed by atoms with E-state index in [0.717, 1.165) is 19.3 Å². The molecule has 2 rings (SSSR count). The fraction of sp³-hybridized carbons (Fsp3) is 0.783. The van der Waals surface area contributed by atoms with Crippen molar-refractivity contribution in [1.29, 1.82) is 0 Å². The number of aliphatic hydroxyl groups excluding tert-OH is 1. The highest BCUT2D eigenvalue weighted by Crippen LogP contribution is 2.46. The van der Waals surface area contributed by atoms with E-state index >= 15 is 0 Å². The van der Waals surface area contributed by atoms with E-state index in [-0.39, 0.29) is 22.6 Å². The molecule has 0 spiro atoms. The summed E-state index contributed by atoms with van der Waals surface area (Å²) in [4.78, 5) is 11.4. The van der Waals surface area contributed by atoms with Gasteiger partial charge in [0.1, 0.15) is 6.61 Å². The average Bonchev–Trinajstić information content (AvgIpc) is 3.29. The van der Waals surface area contributed by atoms with E-state index in [4.69, 9.17) is 9.84 Å². The molecule has 0 bridgehead atoms. The summed E-state index contributed by atoms with van der Waals surface area (Å²) in [6, 6.07) is 0. The van der Waals surface area contributed by atoms with Crippen LogP contribution in [-0.4, -0.2) is 49.6 Å². The van der Waals surface area contributed by atoms with Crippen LogP contribution in [0.2, 0.25) is 0 Å². The van der Waals surface area contributed by atoms with Gasteiger partial charge < -0.3 is 20.1 Å². The predicted molar refractivity (Wildman–Crippen MR) is 123 cm³/mol. The molecule has 5 nitrogen and oxygen atoms in total. The van der Waals surface area contributed by atoms with E-state index in [1.165, 1.54) is 25.7 Å². The van der Waals surface area contributed by atoms with Crippen LogP contribution in [0.25, 0.3) is 0 Å². The number of halogens is 1. The van der Waals surface area contributed by atoms with Crippen LogP contribution in [0.15, 0.2) is 24.8 Å². The second-order valence-corrected chi connectivity index (χ2v) is 10.2. The van der Waals surface area contributed by atoms with Crippen LogP contribution < -0.4 is 0 Å². The molecule has 3 N–H and O–H groups in total. The molecule has 2 fully saturated rings. The number of aliphatic hydroxyl groups is 3. The van der Waals surface area contributed by atoms with Crippen molar-refractivity contribution < 1.29 is 24.9 Å². The number of Topliss-reactive ketones (excluding diaryl/α,β-unsaturated/α-hetero) is 1. The minimum atomic E-state index is -2.45. The molecule has 0 aromatic carbocycles. The number of fused-ring (bicyclic) bond motifs is 1. The molecule has 6 heteroatoms. The van der Waals surface area contributed by atoms with E-state index in [0.29, 0.717) is 24.2 Å². The third-order valence-electron chi connectivity index (χ3n) is 6.51. The Morgan fingerprint density at radius 1 is 1.34 bits per heavy atom. The molecular weight excluding hydrogens is 483 g/mol. The molecule has 1 saturated heterocycles. The fourth-order valence-electron chi connectivity index (χ4n) is 4.59. The largest absolute Gasteiger partial charge is 0.388 e. The molecule has 1 aliphatic carbocycles. The van der Waals surface area contributed by atoms with Gasteiger partial charge in [0.15, 0.2) is 0 Å². The van der Waals surface area contributed by atoms with Crippen LogP contribution in [0.1, 0.15) is 64.7 Å². The van der Waals surface area contributed by atoms with Gasteiger partial charge >= 0.3 is 0 Å². The van der Waals surface area contributed by atoms with Gasteiger partial charge in [0.2, 0.25) is 11.6 Å². The number of ketones is 1. The van der Waals surface area contributed by atoms with Gasteiger partial charge in [0.25, 0.3) is 0 Å². The Bertz CT molecular complexity index is 561. The van der Waals surface area contributed by atoms with Crippen molar-refractivity contribution >= 4 is 28.4 Å². The third-order valence-corrected chi connectivity index (χ3v) is 7.94. The summed E-state index contributed by atoms with van der Waals surface area (Å²) in [7, 11) is 0. The summed E-state index contributed by atoms with van der Waals surface area (Å²) in [5.74, 6) is -1.76. The summed E-state index contributed by atoms with van der Waals surface area (Å²) in [6.45, 7) is 5.33. The minimum absolute atomic E-state index is 0.0762. The summed E-state index contributed by atoms with van der Waals surface area (Å²) in [5, 5.41) is 28.4. The second-order valence-electron chi connectivity index (χ2n) is 8.61. The number of alkyl halides is 1. The Morgan fingerprint density at radius 3 is 2.76 bits per heavy atom. The standard InChI is InChI=1S/C23H37IO5/c1-3-5-7-16(4-2)8-6-9-17-10-11-20-18(17)14-21(29-20)19(24)12-13-23(27,28)22(26)15-25/h4,6,9,16-21,25,27-28H,2-3,5,7-8,10-15H2,1H3/t16-,17+,18-,19?,20-,21-/m1/s1. The van der Waals surface area contributed by atoms with Crippen LogP contribution in [0, 0.1) is 17.8 Å². The maximum atomic E-state index is 11.4. The van der Waals surface area contributed by atoms with E-state index in [9.17, 15) is 15.0 Å². The molecule has 0 radical (unpaired) electrons. The summed E-state index contributed by atoms with van der Waals surface area (Å²) < 4.78 is 6.38. The monoisotopic (exact) mass is 520 g/mol. The van der Waals surface area contributed by atoms with Crippen LogP contribution >= 0.6 is 22.6 Å². The van der Waals surface area contributed by atoms with E-state index in [1.54, 1.807) is 0 Å². The van der Waals surface area contributed by atoms with Crippen LogP contribution in [0.3, 0.4) is 0 Å². The molecule has 29 heavy (non-hydrogen) atoms. The van der Waals surface area contributed by atoms with E-state index < -0.39 is 18.2 Å². The number of carbonyl (C=O) groups is 1. The van der Waals surface area contributed by atoms with Gasteiger partial charge in [-0.25, -0.2) is 0 Å². The first kappa shape index (κ1) is 25.0. The Morgan fingerprint density at radius 2 is 2.10 bits per heavy atom. The van der Waals surface area contributed by atoms with Crippen LogP contribution in [-0.2, 0) is 9.53 Å². The molecule has 1 saturated carbocycles. The lowest BCUT2D eigenvalue weighted by Crippen LogP contribution is -2.41. The van der Waals surface area contributed by atoms with Gasteiger partial charge in [0.05, 0.1) is 12.2 Å². The number of rotatable bonds is 13. The molecule has 2 aliphatic rings. The Labute approximate surface area is 188 Å². The smallest absolute Gasteiger partial charge is 0.226 e. The number of carbonyl (C=O) groups excluding carboxylic acids is 1. The Balaban J connectivity index is 1.81. The minimum Gasteiger partial charge on any atom is -0.388 e. The van der Waals surface area contributed by atoms with Gasteiger partial charge in [-0.2, -0.15) is 0 Å². The summed E-state index contributed by atoms with van der Waals surface area (Å²) in [6.07, 6.45) is 15.5. The number of unbranched alkanes of at least 4 members (excludes halogenated alkanes) is 1. The molecule has 1 unspecified atom stereocenters. The molecule has 6 atom stereocenters. The quantitative estimate of drug-likeness (QED) is 0.148. The molecule has 0 aromatic rings. The van der Waals surface area contributed by atoms with Crippen molar-refractivity contribution in [2.75, 3.05) is 6.61 Å². The molecule has 1 aliphatic heterocycles. The van der Waals surface area contributed by atoms with Crippen molar-refractivity contribution in [3.05, 3.63) is 24.8 Å². The highest BCUT2D eigenvalue weighted by Gasteiger charge is 2.45. The topological polar surface area (TPSA) is 87.0 Å². The van der Waals surface area contributed by atoms with Gasteiger partial charge in [-0.1, -0.05) is 60.6 Å². The lowest BCUT2D eigenvalue weighted by atomic mass is 9.89. The first-order chi connectivity index (χ1) is 13.8. The molecule has 166 valence electrons.